The molecule has 2 nitrogen and oxygen atoms in total. The number of phenols is 1. The fourth-order valence-electron chi connectivity index (χ4n) is 1.03. The average molecular weight is 164 g/mol. The molecule has 0 heterocycles. The third-order valence-corrected chi connectivity index (χ3v) is 1.72. The lowest BCUT2D eigenvalue weighted by Gasteiger charge is -2.09. The van der Waals surface area contributed by atoms with Gasteiger partial charge in [-0.3, -0.25) is 0 Å². The van der Waals surface area contributed by atoms with E-state index in [2.05, 4.69) is 6.92 Å². The van der Waals surface area contributed by atoms with Gasteiger partial charge in [-0.2, -0.15) is 0 Å². The minimum Gasteiger partial charge on any atom is -0.508 e. The number of aliphatic hydroxyl groups is 1. The number of hydrogen-bond donors (Lipinski definition) is 2. The Balaban J connectivity index is 3.01. The van der Waals surface area contributed by atoms with E-state index in [4.69, 9.17) is 5.11 Å². The van der Waals surface area contributed by atoms with E-state index in [-0.39, 0.29) is 12.4 Å². The lowest BCUT2D eigenvalue weighted by molar-refractivity contribution is 0.318. The minimum absolute atomic E-state index is 0.128. The summed E-state index contributed by atoms with van der Waals surface area (Å²) in [5.74, 6) is 0.710. The van der Waals surface area contributed by atoms with E-state index in [1.807, 2.05) is 13.0 Å². The maximum Gasteiger partial charge on any atom is 0.119 e. The monoisotopic (exact) mass is 164 g/mol. The molecular formula is C10H12O2. The average Bonchev–Trinajstić information content (AvgIpc) is 2.03. The molecule has 0 unspecified atom stereocenters. The maximum absolute atomic E-state index is 9.42. The highest BCUT2D eigenvalue weighted by atomic mass is 16.3. The molecule has 0 saturated heterocycles. The lowest BCUT2D eigenvalue weighted by Crippen LogP contribution is -2.00. The molecule has 0 amide bonds. The molecule has 0 bridgehead atoms. The van der Waals surface area contributed by atoms with Crippen molar-refractivity contribution < 1.29 is 10.2 Å². The Morgan fingerprint density at radius 3 is 2.67 bits per heavy atom. The highest BCUT2D eigenvalue weighted by molar-refractivity contribution is 5.45. The molecule has 64 valence electrons. The molecule has 2 heteroatoms. The Bertz CT molecular complexity index is 269. The largest absolute Gasteiger partial charge is 0.508 e. The highest BCUT2D eigenvalue weighted by Gasteiger charge is 2.09. The molecule has 1 rings (SSSR count). The summed E-state index contributed by atoms with van der Waals surface area (Å²) in [6, 6.07) is 5.27. The second kappa shape index (κ2) is 3.59. The van der Waals surface area contributed by atoms with Gasteiger partial charge in [-0.25, -0.2) is 0 Å². The number of aromatic hydroxyl groups is 1. The van der Waals surface area contributed by atoms with Crippen molar-refractivity contribution in [2.24, 2.45) is 0 Å². The predicted octanol–water partition coefficient (Wildman–Crippen LogP) is 1.45. The van der Waals surface area contributed by atoms with Crippen LogP contribution >= 0.6 is 0 Å². The normalized spacial score (nSPS) is 10.7. The van der Waals surface area contributed by atoms with Gasteiger partial charge in [-0.15, -0.1) is 0 Å². The van der Waals surface area contributed by atoms with Crippen LogP contribution in [0.15, 0.2) is 18.2 Å². The first kappa shape index (κ1) is 9.07. The molecule has 1 aromatic carbocycles. The van der Waals surface area contributed by atoms with Gasteiger partial charge in [0.05, 0.1) is 6.61 Å². The van der Waals surface area contributed by atoms with Crippen LogP contribution in [0.1, 0.15) is 11.1 Å². The minimum atomic E-state index is -0.128. The molecule has 0 atom stereocenters. The first-order chi connectivity index (χ1) is 5.65. The zero-order valence-corrected chi connectivity index (χ0v) is 7.04. The Hall–Kier alpha value is -1.02. The van der Waals surface area contributed by atoms with Gasteiger partial charge in [0.15, 0.2) is 0 Å². The summed E-state index contributed by atoms with van der Waals surface area (Å²) in [6.45, 7) is 5.39. The molecule has 0 aliphatic rings. The van der Waals surface area contributed by atoms with E-state index in [1.54, 1.807) is 12.1 Å². The summed E-state index contributed by atoms with van der Waals surface area (Å²) in [6.07, 6.45) is 0. The van der Waals surface area contributed by atoms with Crippen LogP contribution in [0.4, 0.5) is 0 Å². The summed E-state index contributed by atoms with van der Waals surface area (Å²) in [5.41, 5.74) is 1.60. The zero-order valence-electron chi connectivity index (χ0n) is 7.04. The van der Waals surface area contributed by atoms with Crippen molar-refractivity contribution >= 4 is 0 Å². The molecule has 12 heavy (non-hydrogen) atoms. The van der Waals surface area contributed by atoms with Gasteiger partial charge in [-0.05, 0) is 25.5 Å². The Labute approximate surface area is 72.5 Å². The summed E-state index contributed by atoms with van der Waals surface area (Å²) in [7, 11) is 0. The summed E-state index contributed by atoms with van der Waals surface area (Å²) < 4.78 is 0. The van der Waals surface area contributed by atoms with Crippen molar-refractivity contribution in [3.63, 3.8) is 0 Å². The number of aliphatic hydroxyl groups excluding tert-OH is 1. The smallest absolute Gasteiger partial charge is 0.119 e. The van der Waals surface area contributed by atoms with Crippen molar-refractivity contribution in [1.82, 2.24) is 0 Å². The molecule has 0 aromatic heterocycles. The number of rotatable bonds is 2. The fourth-order valence-corrected chi connectivity index (χ4v) is 1.03. The van der Waals surface area contributed by atoms with Gasteiger partial charge in [0.1, 0.15) is 5.75 Å². The Kier molecular flexibility index (Phi) is 2.71. The van der Waals surface area contributed by atoms with Gasteiger partial charge in [0.25, 0.3) is 0 Å². The second-order valence-corrected chi connectivity index (χ2v) is 2.78. The van der Waals surface area contributed by atoms with Crippen LogP contribution in [-0.2, 0) is 0 Å². The van der Waals surface area contributed by atoms with Gasteiger partial charge >= 0.3 is 0 Å². The van der Waals surface area contributed by atoms with Crippen LogP contribution in [0.25, 0.3) is 0 Å². The first-order valence-corrected chi connectivity index (χ1v) is 3.73. The van der Waals surface area contributed by atoms with Gasteiger partial charge in [0, 0.05) is 11.5 Å². The molecule has 2 radical (unpaired) electrons. The predicted molar refractivity (Wildman–Crippen MR) is 47.6 cm³/mol. The highest BCUT2D eigenvalue weighted by Crippen LogP contribution is 2.24. The van der Waals surface area contributed by atoms with E-state index in [1.165, 1.54) is 0 Å². The first-order valence-electron chi connectivity index (χ1n) is 3.73. The topological polar surface area (TPSA) is 40.5 Å². The van der Waals surface area contributed by atoms with E-state index in [0.29, 0.717) is 11.5 Å². The lowest BCUT2D eigenvalue weighted by atomic mass is 10.00. The van der Waals surface area contributed by atoms with Gasteiger partial charge in [-0.1, -0.05) is 12.1 Å². The number of aryl methyl sites for hydroxylation is 1. The van der Waals surface area contributed by atoms with Crippen LogP contribution in [0.5, 0.6) is 5.75 Å². The fraction of sp³-hybridized carbons (Fsp3) is 0.200. The van der Waals surface area contributed by atoms with Crippen LogP contribution < -0.4 is 0 Å². The van der Waals surface area contributed by atoms with Gasteiger partial charge in [0.2, 0.25) is 0 Å². The summed E-state index contributed by atoms with van der Waals surface area (Å²) in [4.78, 5) is 0. The molecule has 1 aromatic rings. The van der Waals surface area contributed by atoms with Crippen molar-refractivity contribution in [3.05, 3.63) is 42.2 Å². The molecule has 0 spiro atoms. The van der Waals surface area contributed by atoms with Crippen molar-refractivity contribution in [1.29, 1.82) is 0 Å². The molecule has 0 aliphatic heterocycles. The van der Waals surface area contributed by atoms with Gasteiger partial charge < -0.3 is 10.2 Å². The molecule has 0 saturated carbocycles. The van der Waals surface area contributed by atoms with Crippen LogP contribution in [0.2, 0.25) is 0 Å². The number of benzene rings is 1. The zero-order chi connectivity index (χ0) is 9.14. The molecular weight excluding hydrogens is 152 g/mol. The van der Waals surface area contributed by atoms with E-state index < -0.39 is 0 Å². The Morgan fingerprint density at radius 2 is 2.17 bits per heavy atom. The van der Waals surface area contributed by atoms with Crippen LogP contribution in [0.3, 0.4) is 0 Å². The molecule has 0 fully saturated rings. The summed E-state index contributed by atoms with van der Waals surface area (Å²) >= 11 is 0. The number of phenolic OH excluding ortho intramolecular Hbond substituents is 1. The quantitative estimate of drug-likeness (QED) is 0.694. The summed E-state index contributed by atoms with van der Waals surface area (Å²) in [5, 5.41) is 18.2. The SMILES string of the molecule is [CH2][C](CO)c1ccc(C)cc1O. The van der Waals surface area contributed by atoms with Crippen LogP contribution in [0, 0.1) is 19.8 Å². The van der Waals surface area contributed by atoms with Crippen molar-refractivity contribution in [2.75, 3.05) is 6.61 Å². The second-order valence-electron chi connectivity index (χ2n) is 2.78. The van der Waals surface area contributed by atoms with Crippen molar-refractivity contribution in [2.45, 2.75) is 6.92 Å². The third kappa shape index (κ3) is 1.77. The van der Waals surface area contributed by atoms with E-state index >= 15 is 0 Å². The molecule has 2 N–H and O–H groups in total. The standard InChI is InChI=1S/C10H12O2/c1-7-3-4-9(8(2)6-11)10(12)5-7/h3-5,11-12H,2,6H2,1H3. The number of hydrogen-bond acceptors (Lipinski definition) is 2. The maximum atomic E-state index is 9.42. The Morgan fingerprint density at radius 1 is 1.50 bits per heavy atom. The van der Waals surface area contributed by atoms with Crippen LogP contribution in [-0.4, -0.2) is 16.8 Å². The van der Waals surface area contributed by atoms with Crippen molar-refractivity contribution in [3.8, 4) is 5.75 Å². The van der Waals surface area contributed by atoms with E-state index in [0.717, 1.165) is 5.56 Å². The third-order valence-electron chi connectivity index (χ3n) is 1.72. The molecule has 0 aliphatic carbocycles. The van der Waals surface area contributed by atoms with E-state index in [9.17, 15) is 5.11 Å².